The van der Waals surface area contributed by atoms with Crippen LogP contribution in [-0.4, -0.2) is 22.7 Å². The molecule has 0 spiro atoms. The molecule has 2 amide bonds. The highest BCUT2D eigenvalue weighted by atomic mass is 16.5. The molecule has 6 nitrogen and oxygen atoms in total. The van der Waals surface area contributed by atoms with Crippen LogP contribution in [0.15, 0.2) is 60.9 Å². The zero-order valence-corrected chi connectivity index (χ0v) is 16.6. The van der Waals surface area contributed by atoms with E-state index in [9.17, 15) is 4.79 Å². The molecular weight excluding hydrogens is 352 g/mol. The molecule has 146 valence electrons. The Hall–Kier alpha value is -3.28. The molecule has 2 aromatic carbocycles. The molecule has 0 radical (unpaired) electrons. The van der Waals surface area contributed by atoms with E-state index in [0.29, 0.717) is 0 Å². The zero-order valence-electron chi connectivity index (χ0n) is 16.6. The Morgan fingerprint density at radius 3 is 2.43 bits per heavy atom. The highest BCUT2D eigenvalue weighted by Gasteiger charge is 2.22. The Kier molecular flexibility index (Phi) is 5.99. The Morgan fingerprint density at radius 2 is 1.82 bits per heavy atom. The third kappa shape index (κ3) is 4.34. The number of aromatic nitrogens is 2. The summed E-state index contributed by atoms with van der Waals surface area (Å²) in [7, 11) is 3.54. The van der Waals surface area contributed by atoms with Gasteiger partial charge in [0, 0.05) is 19.4 Å². The predicted octanol–water partition coefficient (Wildman–Crippen LogP) is 3.89. The van der Waals surface area contributed by atoms with Gasteiger partial charge >= 0.3 is 6.03 Å². The van der Waals surface area contributed by atoms with Crippen molar-refractivity contribution in [2.45, 2.75) is 25.9 Å². The summed E-state index contributed by atoms with van der Waals surface area (Å²) < 4.78 is 7.14. The van der Waals surface area contributed by atoms with Crippen molar-refractivity contribution < 1.29 is 9.53 Å². The number of nitrogens with zero attached hydrogens (tertiary/aromatic N) is 2. The number of carbonyl (C=O) groups excluding carboxylic acids is 1. The highest BCUT2D eigenvalue weighted by molar-refractivity contribution is 5.75. The van der Waals surface area contributed by atoms with E-state index in [1.807, 2.05) is 80.2 Å². The van der Waals surface area contributed by atoms with Crippen LogP contribution in [0.25, 0.3) is 0 Å². The number of nitrogens with one attached hydrogen (secondary N) is 2. The van der Waals surface area contributed by atoms with Gasteiger partial charge in [0.1, 0.15) is 17.6 Å². The lowest BCUT2D eigenvalue weighted by atomic mass is 10.0. The topological polar surface area (TPSA) is 68.2 Å². The van der Waals surface area contributed by atoms with Crippen molar-refractivity contribution in [1.29, 1.82) is 0 Å². The van der Waals surface area contributed by atoms with Crippen LogP contribution in [0, 0.1) is 6.92 Å². The number of benzene rings is 2. The Balaban J connectivity index is 1.80. The summed E-state index contributed by atoms with van der Waals surface area (Å²) in [6.07, 6.45) is 3.59. The molecule has 0 saturated carbocycles. The normalized spacial score (nSPS) is 12.9. The van der Waals surface area contributed by atoms with Gasteiger partial charge < -0.3 is 19.9 Å². The summed E-state index contributed by atoms with van der Waals surface area (Å²) in [5.41, 5.74) is 3.16. The van der Waals surface area contributed by atoms with Gasteiger partial charge in [0.05, 0.1) is 13.2 Å². The molecule has 28 heavy (non-hydrogen) atoms. The predicted molar refractivity (Wildman–Crippen MR) is 109 cm³/mol. The fourth-order valence-electron chi connectivity index (χ4n) is 3.27. The van der Waals surface area contributed by atoms with Crippen molar-refractivity contribution >= 4 is 6.03 Å². The van der Waals surface area contributed by atoms with Crippen LogP contribution in [0.2, 0.25) is 0 Å². The summed E-state index contributed by atoms with van der Waals surface area (Å²) in [6.45, 7) is 4.02. The fourth-order valence-corrected chi connectivity index (χ4v) is 3.27. The summed E-state index contributed by atoms with van der Waals surface area (Å²) in [5.74, 6) is 1.52. The lowest BCUT2D eigenvalue weighted by molar-refractivity contribution is 0.235. The number of ether oxygens (including phenoxy) is 1. The van der Waals surface area contributed by atoms with Gasteiger partial charge in [-0.1, -0.05) is 36.4 Å². The molecule has 0 aliphatic rings. The third-order valence-corrected chi connectivity index (χ3v) is 4.84. The molecule has 0 saturated heterocycles. The lowest BCUT2D eigenvalue weighted by Crippen LogP contribution is -2.40. The van der Waals surface area contributed by atoms with Crippen LogP contribution in [0.5, 0.6) is 5.75 Å². The number of hydrogen-bond acceptors (Lipinski definition) is 3. The number of hydrogen-bond donors (Lipinski definition) is 2. The average molecular weight is 378 g/mol. The fraction of sp³-hybridized carbons (Fsp3) is 0.273. The third-order valence-electron chi connectivity index (χ3n) is 4.84. The molecule has 2 atom stereocenters. The van der Waals surface area contributed by atoms with Crippen molar-refractivity contribution in [1.82, 2.24) is 20.2 Å². The van der Waals surface area contributed by atoms with E-state index in [4.69, 9.17) is 4.74 Å². The first-order chi connectivity index (χ1) is 13.5. The minimum absolute atomic E-state index is 0.112. The van der Waals surface area contributed by atoms with Gasteiger partial charge in [0.15, 0.2) is 0 Å². The molecule has 0 aliphatic heterocycles. The first-order valence-corrected chi connectivity index (χ1v) is 9.23. The Bertz CT molecular complexity index is 934. The number of methoxy groups -OCH3 is 1. The number of amides is 2. The van der Waals surface area contributed by atoms with E-state index < -0.39 is 0 Å². The first kappa shape index (κ1) is 19.5. The number of urea groups is 1. The molecule has 1 aromatic heterocycles. The molecule has 2 unspecified atom stereocenters. The number of aryl methyl sites for hydroxylation is 2. The second kappa shape index (κ2) is 8.61. The molecule has 1 heterocycles. The summed E-state index contributed by atoms with van der Waals surface area (Å²) in [6, 6.07) is 14.9. The molecule has 0 fully saturated rings. The van der Waals surface area contributed by atoms with Crippen LogP contribution < -0.4 is 15.4 Å². The van der Waals surface area contributed by atoms with Gasteiger partial charge in [-0.15, -0.1) is 0 Å². The molecule has 6 heteroatoms. The maximum atomic E-state index is 12.8. The highest BCUT2D eigenvalue weighted by Crippen LogP contribution is 2.23. The second-order valence-electron chi connectivity index (χ2n) is 6.80. The summed E-state index contributed by atoms with van der Waals surface area (Å²) in [4.78, 5) is 17.2. The van der Waals surface area contributed by atoms with Crippen LogP contribution in [0.1, 0.15) is 41.5 Å². The van der Waals surface area contributed by atoms with E-state index in [2.05, 4.69) is 15.6 Å². The van der Waals surface area contributed by atoms with Crippen molar-refractivity contribution in [3.05, 3.63) is 83.4 Å². The Labute approximate surface area is 165 Å². The molecular formula is C22H26N4O2. The summed E-state index contributed by atoms with van der Waals surface area (Å²) in [5, 5.41) is 6.09. The number of rotatable bonds is 6. The van der Waals surface area contributed by atoms with Crippen molar-refractivity contribution in [2.75, 3.05) is 7.11 Å². The van der Waals surface area contributed by atoms with Gasteiger partial charge in [-0.05, 0) is 42.7 Å². The van der Waals surface area contributed by atoms with Crippen molar-refractivity contribution in [2.24, 2.45) is 7.05 Å². The van der Waals surface area contributed by atoms with Crippen LogP contribution in [0.4, 0.5) is 4.79 Å². The maximum absolute atomic E-state index is 12.8. The van der Waals surface area contributed by atoms with Crippen LogP contribution in [0.3, 0.4) is 0 Å². The second-order valence-corrected chi connectivity index (χ2v) is 6.80. The van der Waals surface area contributed by atoms with E-state index in [0.717, 1.165) is 28.3 Å². The van der Waals surface area contributed by atoms with Gasteiger partial charge in [-0.2, -0.15) is 0 Å². The SMILES string of the molecule is COc1ccc(C(NC(=O)NC(C)c2ccccc2C)c2nccn2C)cc1. The van der Waals surface area contributed by atoms with E-state index in [-0.39, 0.29) is 18.1 Å². The molecule has 0 aliphatic carbocycles. The van der Waals surface area contributed by atoms with Gasteiger partial charge in [0.2, 0.25) is 0 Å². The van der Waals surface area contributed by atoms with Gasteiger partial charge in [-0.3, -0.25) is 0 Å². The number of carbonyl (C=O) groups is 1. The molecule has 2 N–H and O–H groups in total. The van der Waals surface area contributed by atoms with E-state index in [1.165, 1.54) is 0 Å². The van der Waals surface area contributed by atoms with Crippen LogP contribution in [-0.2, 0) is 7.05 Å². The smallest absolute Gasteiger partial charge is 0.316 e. The summed E-state index contributed by atoms with van der Waals surface area (Å²) >= 11 is 0. The maximum Gasteiger partial charge on any atom is 0.316 e. The standard InChI is InChI=1S/C22H26N4O2/c1-15-7-5-6-8-19(15)16(2)24-22(27)25-20(21-23-13-14-26(21)3)17-9-11-18(28-4)12-10-17/h5-14,16,20H,1-4H3,(H2,24,25,27). The van der Waals surface area contributed by atoms with Gasteiger partial charge in [-0.25, -0.2) is 9.78 Å². The monoisotopic (exact) mass is 378 g/mol. The minimum atomic E-state index is -0.380. The lowest BCUT2D eigenvalue weighted by Gasteiger charge is -2.22. The van der Waals surface area contributed by atoms with E-state index in [1.54, 1.807) is 13.3 Å². The molecule has 0 bridgehead atoms. The number of imidazole rings is 1. The zero-order chi connectivity index (χ0) is 20.1. The average Bonchev–Trinajstić information content (AvgIpc) is 3.12. The molecule has 3 rings (SSSR count). The van der Waals surface area contributed by atoms with Crippen molar-refractivity contribution in [3.8, 4) is 5.75 Å². The van der Waals surface area contributed by atoms with E-state index >= 15 is 0 Å². The van der Waals surface area contributed by atoms with Crippen molar-refractivity contribution in [3.63, 3.8) is 0 Å². The quantitative estimate of drug-likeness (QED) is 0.684. The first-order valence-electron chi connectivity index (χ1n) is 9.23. The van der Waals surface area contributed by atoms with Crippen LogP contribution >= 0.6 is 0 Å². The van der Waals surface area contributed by atoms with Gasteiger partial charge in [0.25, 0.3) is 0 Å². The molecule has 3 aromatic rings. The minimum Gasteiger partial charge on any atom is -0.497 e. The Morgan fingerprint density at radius 1 is 1.11 bits per heavy atom. The largest absolute Gasteiger partial charge is 0.497 e.